The van der Waals surface area contributed by atoms with Crippen LogP contribution in [0, 0.1) is 0 Å². The highest BCUT2D eigenvalue weighted by molar-refractivity contribution is 7.19. The van der Waals surface area contributed by atoms with E-state index in [0.717, 1.165) is 4.88 Å². The van der Waals surface area contributed by atoms with Crippen LogP contribution in [0.3, 0.4) is 0 Å². The van der Waals surface area contributed by atoms with Crippen molar-refractivity contribution in [1.82, 2.24) is 4.98 Å². The fraction of sp³-hybridized carbons (Fsp3) is 0.0667. The molecule has 0 bridgehead atoms. The summed E-state index contributed by atoms with van der Waals surface area (Å²) in [6.45, 7) is 0.589. The number of aromatic carboxylic acids is 1. The number of carbonyl (C=O) groups is 1. The molecule has 3 rings (SSSR count). The summed E-state index contributed by atoms with van der Waals surface area (Å²) in [5.74, 6) is -0.953. The number of rotatable bonds is 4. The molecule has 2 aromatic heterocycles. The second-order valence-electron chi connectivity index (χ2n) is 4.33. The third-order valence-electron chi connectivity index (χ3n) is 2.98. The molecule has 0 radical (unpaired) electrons. The first-order chi connectivity index (χ1) is 9.74. The molecule has 0 saturated heterocycles. The molecule has 0 aliphatic heterocycles. The summed E-state index contributed by atoms with van der Waals surface area (Å²) in [5, 5.41) is 13.5. The van der Waals surface area contributed by atoms with E-state index in [9.17, 15) is 4.79 Å². The number of aromatic nitrogens is 1. The van der Waals surface area contributed by atoms with Crippen LogP contribution in [-0.2, 0) is 6.54 Å². The van der Waals surface area contributed by atoms with Crippen LogP contribution < -0.4 is 5.32 Å². The van der Waals surface area contributed by atoms with Crippen molar-refractivity contribution in [3.05, 3.63) is 59.2 Å². The Balaban J connectivity index is 1.81. The number of carboxylic acid groups (broad SMARTS) is 1. The van der Waals surface area contributed by atoms with Gasteiger partial charge in [-0.1, -0.05) is 18.2 Å². The molecular weight excluding hydrogens is 272 g/mol. The molecule has 0 saturated carbocycles. The largest absolute Gasteiger partial charge is 0.478 e. The standard InChI is InChI=1S/C15H12N2O2S/c18-15(19)12-5-6-16-9-13(12)17-8-11-7-10-3-1-2-4-14(10)20-11/h1-7,9,17H,8H2,(H,18,19). The predicted octanol–water partition coefficient (Wildman–Crippen LogP) is 3.61. The lowest BCUT2D eigenvalue weighted by molar-refractivity contribution is 0.0698. The number of benzene rings is 1. The van der Waals surface area contributed by atoms with Crippen molar-refractivity contribution in [2.75, 3.05) is 5.32 Å². The van der Waals surface area contributed by atoms with Crippen LogP contribution in [-0.4, -0.2) is 16.1 Å². The smallest absolute Gasteiger partial charge is 0.337 e. The van der Waals surface area contributed by atoms with Crippen molar-refractivity contribution in [2.24, 2.45) is 0 Å². The van der Waals surface area contributed by atoms with Crippen LogP contribution in [0.4, 0.5) is 5.69 Å². The maximum atomic E-state index is 11.1. The van der Waals surface area contributed by atoms with Crippen molar-refractivity contribution in [3.63, 3.8) is 0 Å². The molecule has 0 atom stereocenters. The van der Waals surface area contributed by atoms with Crippen LogP contribution in [0.5, 0.6) is 0 Å². The highest BCUT2D eigenvalue weighted by Gasteiger charge is 2.09. The first-order valence-electron chi connectivity index (χ1n) is 6.12. The second-order valence-corrected chi connectivity index (χ2v) is 5.50. The van der Waals surface area contributed by atoms with Gasteiger partial charge in [-0.15, -0.1) is 11.3 Å². The van der Waals surface area contributed by atoms with E-state index in [2.05, 4.69) is 28.5 Å². The summed E-state index contributed by atoms with van der Waals surface area (Å²) in [4.78, 5) is 16.2. The Bertz CT molecular complexity index is 734. The molecule has 0 fully saturated rings. The average molecular weight is 284 g/mol. The van der Waals surface area contributed by atoms with E-state index in [1.165, 1.54) is 28.5 Å². The summed E-state index contributed by atoms with van der Waals surface area (Å²) < 4.78 is 1.23. The molecule has 0 amide bonds. The quantitative estimate of drug-likeness (QED) is 0.768. The number of hydrogen-bond donors (Lipinski definition) is 2. The van der Waals surface area contributed by atoms with Gasteiger partial charge >= 0.3 is 5.97 Å². The Morgan fingerprint density at radius 3 is 2.95 bits per heavy atom. The molecule has 3 aromatic rings. The monoisotopic (exact) mass is 284 g/mol. The van der Waals surface area contributed by atoms with E-state index >= 15 is 0 Å². The zero-order valence-electron chi connectivity index (χ0n) is 10.5. The Kier molecular flexibility index (Phi) is 3.35. The number of anilines is 1. The van der Waals surface area contributed by atoms with Gasteiger partial charge in [-0.05, 0) is 23.6 Å². The van der Waals surface area contributed by atoms with Gasteiger partial charge in [-0.2, -0.15) is 0 Å². The average Bonchev–Trinajstić information content (AvgIpc) is 2.88. The lowest BCUT2D eigenvalue weighted by Crippen LogP contribution is -2.06. The number of nitrogens with one attached hydrogen (secondary N) is 1. The predicted molar refractivity (Wildman–Crippen MR) is 80.3 cm³/mol. The Morgan fingerprint density at radius 1 is 1.30 bits per heavy atom. The zero-order valence-corrected chi connectivity index (χ0v) is 11.4. The van der Waals surface area contributed by atoms with Crippen LogP contribution in [0.25, 0.3) is 10.1 Å². The summed E-state index contributed by atoms with van der Waals surface area (Å²) in [5.41, 5.74) is 0.776. The number of hydrogen-bond acceptors (Lipinski definition) is 4. The molecule has 2 N–H and O–H groups in total. The summed E-state index contributed by atoms with van der Waals surface area (Å²) >= 11 is 1.70. The lowest BCUT2D eigenvalue weighted by atomic mass is 10.2. The number of pyridine rings is 1. The van der Waals surface area contributed by atoms with E-state index in [1.54, 1.807) is 11.3 Å². The number of nitrogens with zero attached hydrogens (tertiary/aromatic N) is 1. The Morgan fingerprint density at radius 2 is 2.15 bits per heavy atom. The van der Waals surface area contributed by atoms with Gasteiger partial charge in [0.05, 0.1) is 17.4 Å². The van der Waals surface area contributed by atoms with E-state index in [4.69, 9.17) is 5.11 Å². The summed E-state index contributed by atoms with van der Waals surface area (Å²) in [7, 11) is 0. The second kappa shape index (κ2) is 5.30. The van der Waals surface area contributed by atoms with Crippen LogP contribution in [0.15, 0.2) is 48.8 Å². The molecular formula is C15H12N2O2S. The van der Waals surface area contributed by atoms with Crippen molar-refractivity contribution >= 4 is 33.1 Å². The first kappa shape index (κ1) is 12.6. The summed E-state index contributed by atoms with van der Waals surface area (Å²) in [6, 6.07) is 11.8. The van der Waals surface area contributed by atoms with Gasteiger partial charge in [-0.3, -0.25) is 4.98 Å². The molecule has 0 spiro atoms. The SMILES string of the molecule is O=C(O)c1ccncc1NCc1cc2ccccc2s1. The molecule has 4 nitrogen and oxygen atoms in total. The minimum Gasteiger partial charge on any atom is -0.478 e. The van der Waals surface area contributed by atoms with Gasteiger partial charge in [0.15, 0.2) is 0 Å². The molecule has 0 aliphatic rings. The maximum Gasteiger partial charge on any atom is 0.337 e. The van der Waals surface area contributed by atoms with Gasteiger partial charge in [0.2, 0.25) is 0 Å². The normalized spacial score (nSPS) is 10.6. The Labute approximate surface area is 119 Å². The van der Waals surface area contributed by atoms with Crippen molar-refractivity contribution in [3.8, 4) is 0 Å². The van der Waals surface area contributed by atoms with Gasteiger partial charge in [0, 0.05) is 22.3 Å². The minimum atomic E-state index is -0.953. The third kappa shape index (κ3) is 2.48. The Hall–Kier alpha value is -2.40. The molecule has 20 heavy (non-hydrogen) atoms. The van der Waals surface area contributed by atoms with Crippen molar-refractivity contribution in [1.29, 1.82) is 0 Å². The lowest BCUT2D eigenvalue weighted by Gasteiger charge is -2.07. The van der Waals surface area contributed by atoms with Gasteiger partial charge in [0.25, 0.3) is 0 Å². The van der Waals surface area contributed by atoms with Crippen molar-refractivity contribution < 1.29 is 9.90 Å². The fourth-order valence-corrected chi connectivity index (χ4v) is 3.03. The van der Waals surface area contributed by atoms with Gasteiger partial charge < -0.3 is 10.4 Å². The number of fused-ring (bicyclic) bond motifs is 1. The van der Waals surface area contributed by atoms with E-state index < -0.39 is 5.97 Å². The molecule has 100 valence electrons. The molecule has 5 heteroatoms. The molecule has 2 heterocycles. The van der Waals surface area contributed by atoms with E-state index in [-0.39, 0.29) is 5.56 Å². The number of thiophene rings is 1. The van der Waals surface area contributed by atoms with E-state index in [0.29, 0.717) is 12.2 Å². The number of carboxylic acids is 1. The van der Waals surface area contributed by atoms with Gasteiger partial charge in [0.1, 0.15) is 0 Å². The van der Waals surface area contributed by atoms with E-state index in [1.807, 2.05) is 12.1 Å². The van der Waals surface area contributed by atoms with Crippen LogP contribution in [0.1, 0.15) is 15.2 Å². The third-order valence-corrected chi connectivity index (χ3v) is 4.10. The minimum absolute atomic E-state index is 0.237. The fourth-order valence-electron chi connectivity index (χ4n) is 2.03. The maximum absolute atomic E-state index is 11.1. The molecule has 0 aliphatic carbocycles. The van der Waals surface area contributed by atoms with Crippen molar-refractivity contribution in [2.45, 2.75) is 6.54 Å². The zero-order chi connectivity index (χ0) is 13.9. The van der Waals surface area contributed by atoms with Crippen LogP contribution >= 0.6 is 11.3 Å². The highest BCUT2D eigenvalue weighted by Crippen LogP contribution is 2.26. The first-order valence-corrected chi connectivity index (χ1v) is 6.94. The molecule has 0 unspecified atom stereocenters. The summed E-state index contributed by atoms with van der Waals surface area (Å²) in [6.07, 6.45) is 3.02. The topological polar surface area (TPSA) is 62.2 Å². The highest BCUT2D eigenvalue weighted by atomic mass is 32.1. The van der Waals surface area contributed by atoms with Crippen LogP contribution in [0.2, 0.25) is 0 Å². The molecule has 1 aromatic carbocycles. The van der Waals surface area contributed by atoms with Gasteiger partial charge in [-0.25, -0.2) is 4.79 Å².